The second kappa shape index (κ2) is 6.18. The van der Waals surface area contributed by atoms with Gasteiger partial charge in [0.25, 0.3) is 0 Å². The molecule has 102 valence electrons. The minimum atomic E-state index is -0.592. The largest absolute Gasteiger partial charge is 0.483 e. The van der Waals surface area contributed by atoms with E-state index < -0.39 is 11.9 Å². The van der Waals surface area contributed by atoms with Crippen LogP contribution in [0.4, 0.5) is 4.39 Å². The summed E-state index contributed by atoms with van der Waals surface area (Å²) in [6.07, 6.45) is -0.412. The first kappa shape index (κ1) is 14.0. The van der Waals surface area contributed by atoms with Gasteiger partial charge in [-0.25, -0.2) is 4.39 Å². The maximum Gasteiger partial charge on any atom is 0.144 e. The Morgan fingerprint density at radius 3 is 2.65 bits per heavy atom. The monoisotopic (exact) mass is 270 g/mol. The number of nitrogens with zero attached hydrogens (tertiary/aromatic N) is 1. The van der Waals surface area contributed by atoms with Crippen molar-refractivity contribution in [3.05, 3.63) is 65.0 Å². The van der Waals surface area contributed by atoms with Crippen molar-refractivity contribution in [3.63, 3.8) is 0 Å². The Labute approximate surface area is 117 Å². The van der Waals surface area contributed by atoms with Crippen LogP contribution in [0.1, 0.15) is 22.8 Å². The zero-order valence-electron chi connectivity index (χ0n) is 11.1. The first-order chi connectivity index (χ1) is 9.67. The molecule has 20 heavy (non-hydrogen) atoms. The van der Waals surface area contributed by atoms with Crippen molar-refractivity contribution in [2.24, 2.45) is 5.73 Å². The molecule has 0 fully saturated rings. The molecule has 0 bridgehead atoms. The molecule has 1 atom stereocenters. The highest BCUT2D eigenvalue weighted by Gasteiger charge is 2.17. The Hall–Kier alpha value is -2.38. The van der Waals surface area contributed by atoms with E-state index in [0.717, 1.165) is 11.1 Å². The van der Waals surface area contributed by atoms with Crippen LogP contribution in [0.5, 0.6) is 5.75 Å². The minimum absolute atomic E-state index is 0.0977. The summed E-state index contributed by atoms with van der Waals surface area (Å²) in [6.45, 7) is 2.20. The summed E-state index contributed by atoms with van der Waals surface area (Å²) in [4.78, 5) is 0. The van der Waals surface area contributed by atoms with Crippen LogP contribution in [0.25, 0.3) is 0 Å². The predicted molar refractivity (Wildman–Crippen MR) is 74.7 cm³/mol. The van der Waals surface area contributed by atoms with E-state index in [1.807, 2.05) is 37.3 Å². The second-order valence-corrected chi connectivity index (χ2v) is 4.42. The van der Waals surface area contributed by atoms with Gasteiger partial charge >= 0.3 is 0 Å². The molecule has 0 heterocycles. The van der Waals surface area contributed by atoms with E-state index >= 15 is 0 Å². The van der Waals surface area contributed by atoms with Crippen molar-refractivity contribution in [1.82, 2.24) is 0 Å². The van der Waals surface area contributed by atoms with Crippen LogP contribution in [-0.4, -0.2) is 6.54 Å². The third-order valence-corrected chi connectivity index (χ3v) is 3.11. The zero-order chi connectivity index (χ0) is 14.5. The quantitative estimate of drug-likeness (QED) is 0.928. The van der Waals surface area contributed by atoms with E-state index in [1.165, 1.54) is 12.1 Å². The van der Waals surface area contributed by atoms with Crippen molar-refractivity contribution in [3.8, 4) is 11.8 Å². The van der Waals surface area contributed by atoms with Gasteiger partial charge in [0, 0.05) is 6.54 Å². The first-order valence-corrected chi connectivity index (χ1v) is 6.28. The summed E-state index contributed by atoms with van der Waals surface area (Å²) in [5.41, 5.74) is 7.62. The van der Waals surface area contributed by atoms with Crippen LogP contribution in [-0.2, 0) is 0 Å². The summed E-state index contributed by atoms with van der Waals surface area (Å²) in [6, 6.07) is 13.8. The smallest absolute Gasteiger partial charge is 0.144 e. The summed E-state index contributed by atoms with van der Waals surface area (Å²) in [5.74, 6) is -0.378. The van der Waals surface area contributed by atoms with Gasteiger partial charge in [0.05, 0.1) is 0 Å². The molecule has 2 N–H and O–H groups in total. The maximum absolute atomic E-state index is 13.6. The van der Waals surface area contributed by atoms with E-state index in [2.05, 4.69) is 0 Å². The maximum atomic E-state index is 13.6. The van der Waals surface area contributed by atoms with Gasteiger partial charge in [0.2, 0.25) is 0 Å². The average molecular weight is 270 g/mol. The Balaban J connectivity index is 2.35. The number of rotatable bonds is 4. The fourth-order valence-electron chi connectivity index (χ4n) is 2.05. The zero-order valence-corrected chi connectivity index (χ0v) is 11.1. The molecular formula is C16H15FN2O. The lowest BCUT2D eigenvalue weighted by Crippen LogP contribution is -2.20. The van der Waals surface area contributed by atoms with Gasteiger partial charge < -0.3 is 10.5 Å². The van der Waals surface area contributed by atoms with Crippen molar-refractivity contribution < 1.29 is 9.13 Å². The number of hydrogen-bond donors (Lipinski definition) is 1. The third-order valence-electron chi connectivity index (χ3n) is 3.11. The van der Waals surface area contributed by atoms with Gasteiger partial charge in [-0.2, -0.15) is 5.26 Å². The number of ether oxygens (including phenoxy) is 1. The molecule has 0 aromatic heterocycles. The van der Waals surface area contributed by atoms with Crippen LogP contribution >= 0.6 is 0 Å². The third kappa shape index (κ3) is 2.79. The molecule has 0 aliphatic heterocycles. The fourth-order valence-corrected chi connectivity index (χ4v) is 2.05. The SMILES string of the molecule is Cc1ccccc1C(CN)Oc1cccc(F)c1C#N. The highest BCUT2D eigenvalue weighted by molar-refractivity contribution is 5.44. The molecule has 2 aromatic carbocycles. The van der Waals surface area contributed by atoms with Crippen LogP contribution in [0.2, 0.25) is 0 Å². The molecule has 0 aliphatic carbocycles. The standard InChI is InChI=1S/C16H15FN2O/c1-11-5-2-3-6-12(11)16(10-19)20-15-8-4-7-14(17)13(15)9-18/h2-8,16H,10,19H2,1H3. The summed E-state index contributed by atoms with van der Waals surface area (Å²) >= 11 is 0. The summed E-state index contributed by atoms with van der Waals surface area (Å²) in [5, 5.41) is 9.01. The van der Waals surface area contributed by atoms with E-state index in [4.69, 9.17) is 15.7 Å². The number of hydrogen-bond acceptors (Lipinski definition) is 3. The average Bonchev–Trinajstić information content (AvgIpc) is 2.46. The van der Waals surface area contributed by atoms with Crippen molar-refractivity contribution in [2.45, 2.75) is 13.0 Å². The number of halogens is 1. The Bertz CT molecular complexity index is 649. The lowest BCUT2D eigenvalue weighted by atomic mass is 10.0. The lowest BCUT2D eigenvalue weighted by molar-refractivity contribution is 0.212. The molecule has 1 unspecified atom stereocenters. The van der Waals surface area contributed by atoms with Gasteiger partial charge in [0.15, 0.2) is 0 Å². The molecule has 0 saturated carbocycles. The molecule has 0 aliphatic rings. The van der Waals surface area contributed by atoms with E-state index in [0.29, 0.717) is 0 Å². The van der Waals surface area contributed by atoms with Crippen molar-refractivity contribution in [2.75, 3.05) is 6.54 Å². The molecule has 0 amide bonds. The lowest BCUT2D eigenvalue weighted by Gasteiger charge is -2.20. The molecule has 3 nitrogen and oxygen atoms in total. The Kier molecular flexibility index (Phi) is 4.34. The highest BCUT2D eigenvalue weighted by Crippen LogP contribution is 2.27. The van der Waals surface area contributed by atoms with Gasteiger partial charge in [-0.1, -0.05) is 30.3 Å². The van der Waals surface area contributed by atoms with Crippen LogP contribution < -0.4 is 10.5 Å². The van der Waals surface area contributed by atoms with E-state index in [1.54, 1.807) is 6.07 Å². The van der Waals surface area contributed by atoms with Crippen LogP contribution in [0.15, 0.2) is 42.5 Å². The van der Waals surface area contributed by atoms with Crippen LogP contribution in [0.3, 0.4) is 0 Å². The predicted octanol–water partition coefficient (Wildman–Crippen LogP) is 3.08. The van der Waals surface area contributed by atoms with Gasteiger partial charge in [-0.05, 0) is 30.2 Å². The van der Waals surface area contributed by atoms with E-state index in [-0.39, 0.29) is 17.9 Å². The second-order valence-electron chi connectivity index (χ2n) is 4.42. The molecule has 2 rings (SSSR count). The van der Waals surface area contributed by atoms with Crippen molar-refractivity contribution in [1.29, 1.82) is 5.26 Å². The van der Waals surface area contributed by atoms with Crippen molar-refractivity contribution >= 4 is 0 Å². The molecule has 4 heteroatoms. The number of nitrogens with two attached hydrogens (primary N) is 1. The summed E-state index contributed by atoms with van der Waals surface area (Å²) in [7, 11) is 0. The minimum Gasteiger partial charge on any atom is -0.483 e. The number of nitriles is 1. The van der Waals surface area contributed by atoms with Gasteiger partial charge in [-0.3, -0.25) is 0 Å². The van der Waals surface area contributed by atoms with E-state index in [9.17, 15) is 4.39 Å². The molecule has 2 aromatic rings. The summed E-state index contributed by atoms with van der Waals surface area (Å²) < 4.78 is 19.3. The number of aryl methyl sites for hydroxylation is 1. The van der Waals surface area contributed by atoms with Gasteiger partial charge in [-0.15, -0.1) is 0 Å². The molecule has 0 radical (unpaired) electrons. The molecule has 0 spiro atoms. The first-order valence-electron chi connectivity index (χ1n) is 6.28. The Morgan fingerprint density at radius 1 is 1.25 bits per heavy atom. The fraction of sp³-hybridized carbons (Fsp3) is 0.188. The Morgan fingerprint density at radius 2 is 2.00 bits per heavy atom. The molecule has 0 saturated heterocycles. The van der Waals surface area contributed by atoms with Gasteiger partial charge in [0.1, 0.15) is 29.3 Å². The molecular weight excluding hydrogens is 255 g/mol. The number of benzene rings is 2. The highest BCUT2D eigenvalue weighted by atomic mass is 19.1. The van der Waals surface area contributed by atoms with Crippen LogP contribution in [0, 0.1) is 24.1 Å². The topological polar surface area (TPSA) is 59.0 Å². The normalized spacial score (nSPS) is 11.7.